The lowest BCUT2D eigenvalue weighted by molar-refractivity contribution is -0.121. The van der Waals surface area contributed by atoms with E-state index in [1.54, 1.807) is 29.5 Å². The summed E-state index contributed by atoms with van der Waals surface area (Å²) in [6.07, 6.45) is 1.59. The number of carbonyl (C=O) groups excluding carboxylic acids is 1. The van der Waals surface area contributed by atoms with E-state index in [-0.39, 0.29) is 11.7 Å². The number of rotatable bonds is 6. The molecule has 1 aromatic heterocycles. The van der Waals surface area contributed by atoms with Crippen molar-refractivity contribution in [3.8, 4) is 0 Å². The molecule has 5 heteroatoms. The highest BCUT2D eigenvalue weighted by Gasteiger charge is 2.05. The molecule has 0 spiro atoms. The molecule has 0 radical (unpaired) electrons. The predicted molar refractivity (Wildman–Crippen MR) is 78.3 cm³/mol. The average molecular weight is 292 g/mol. The quantitative estimate of drug-likeness (QED) is 0.889. The zero-order chi connectivity index (χ0) is 14.4. The number of halogens is 1. The fraction of sp³-hybridized carbons (Fsp3) is 0.333. The Hall–Kier alpha value is -1.75. The van der Waals surface area contributed by atoms with Crippen molar-refractivity contribution in [1.82, 2.24) is 10.3 Å². The van der Waals surface area contributed by atoms with Crippen LogP contribution in [0.3, 0.4) is 0 Å². The molecule has 0 fully saturated rings. The van der Waals surface area contributed by atoms with Gasteiger partial charge in [-0.3, -0.25) is 4.79 Å². The van der Waals surface area contributed by atoms with Crippen LogP contribution in [0, 0.1) is 12.7 Å². The molecule has 0 saturated carbocycles. The van der Waals surface area contributed by atoms with Gasteiger partial charge < -0.3 is 5.32 Å². The summed E-state index contributed by atoms with van der Waals surface area (Å²) >= 11 is 1.57. The van der Waals surface area contributed by atoms with E-state index in [0.29, 0.717) is 31.4 Å². The SMILES string of the molecule is Cc1csc(CCC(=O)NCCc2ccccc2F)n1. The first kappa shape index (κ1) is 14.7. The number of nitrogens with zero attached hydrogens (tertiary/aromatic N) is 1. The van der Waals surface area contributed by atoms with Gasteiger partial charge in [-0.15, -0.1) is 11.3 Å². The summed E-state index contributed by atoms with van der Waals surface area (Å²) in [6.45, 7) is 2.39. The predicted octanol–water partition coefficient (Wildman–Crippen LogP) is 2.88. The molecule has 1 amide bonds. The Morgan fingerprint density at radius 1 is 1.35 bits per heavy atom. The van der Waals surface area contributed by atoms with E-state index in [2.05, 4.69) is 10.3 Å². The second-order valence-corrected chi connectivity index (χ2v) is 5.52. The highest BCUT2D eigenvalue weighted by Crippen LogP contribution is 2.10. The van der Waals surface area contributed by atoms with E-state index in [0.717, 1.165) is 10.7 Å². The summed E-state index contributed by atoms with van der Waals surface area (Å²) in [5, 5.41) is 5.76. The molecule has 20 heavy (non-hydrogen) atoms. The highest BCUT2D eigenvalue weighted by molar-refractivity contribution is 7.09. The molecular weight excluding hydrogens is 275 g/mol. The van der Waals surface area contributed by atoms with Gasteiger partial charge in [0.15, 0.2) is 0 Å². The van der Waals surface area contributed by atoms with Gasteiger partial charge in [-0.05, 0) is 25.0 Å². The lowest BCUT2D eigenvalue weighted by Gasteiger charge is -2.05. The first-order valence-corrected chi connectivity index (χ1v) is 7.44. The van der Waals surface area contributed by atoms with Gasteiger partial charge in [0.05, 0.1) is 5.01 Å². The number of aromatic nitrogens is 1. The first-order chi connectivity index (χ1) is 9.65. The lowest BCUT2D eigenvalue weighted by Crippen LogP contribution is -2.26. The van der Waals surface area contributed by atoms with Crippen LogP contribution in [0.5, 0.6) is 0 Å². The third kappa shape index (κ3) is 4.42. The molecule has 0 aliphatic rings. The van der Waals surface area contributed by atoms with Crippen LogP contribution in [-0.4, -0.2) is 17.4 Å². The Labute approximate surface area is 121 Å². The van der Waals surface area contributed by atoms with Crippen molar-refractivity contribution < 1.29 is 9.18 Å². The summed E-state index contributed by atoms with van der Waals surface area (Å²) in [6, 6.07) is 6.63. The maximum absolute atomic E-state index is 13.4. The van der Waals surface area contributed by atoms with Gasteiger partial charge in [-0.2, -0.15) is 0 Å². The van der Waals surface area contributed by atoms with Crippen LogP contribution in [0.15, 0.2) is 29.6 Å². The van der Waals surface area contributed by atoms with E-state index in [9.17, 15) is 9.18 Å². The topological polar surface area (TPSA) is 42.0 Å². The van der Waals surface area contributed by atoms with Crippen molar-refractivity contribution in [3.05, 3.63) is 51.7 Å². The van der Waals surface area contributed by atoms with Crippen LogP contribution >= 0.6 is 11.3 Å². The van der Waals surface area contributed by atoms with Crippen molar-refractivity contribution in [3.63, 3.8) is 0 Å². The number of hydrogen-bond acceptors (Lipinski definition) is 3. The van der Waals surface area contributed by atoms with E-state index in [4.69, 9.17) is 0 Å². The lowest BCUT2D eigenvalue weighted by atomic mass is 10.1. The molecule has 1 aromatic carbocycles. The third-order valence-corrected chi connectivity index (χ3v) is 3.93. The van der Waals surface area contributed by atoms with Gasteiger partial charge in [0.2, 0.25) is 5.91 Å². The number of thiazole rings is 1. The van der Waals surface area contributed by atoms with Crippen molar-refractivity contribution in [2.24, 2.45) is 0 Å². The molecule has 0 aliphatic heterocycles. The number of carbonyl (C=O) groups is 1. The first-order valence-electron chi connectivity index (χ1n) is 6.56. The summed E-state index contributed by atoms with van der Waals surface area (Å²) in [5.74, 6) is -0.241. The molecule has 1 heterocycles. The Morgan fingerprint density at radius 3 is 2.85 bits per heavy atom. The number of benzene rings is 1. The fourth-order valence-corrected chi connectivity index (χ4v) is 2.64. The zero-order valence-electron chi connectivity index (χ0n) is 11.4. The number of hydrogen-bond donors (Lipinski definition) is 1. The van der Waals surface area contributed by atoms with Gasteiger partial charge in [0, 0.05) is 30.5 Å². The van der Waals surface area contributed by atoms with Crippen molar-refractivity contribution >= 4 is 17.2 Å². The Kier molecular flexibility index (Phi) is 5.24. The Morgan fingerprint density at radius 2 is 2.15 bits per heavy atom. The molecule has 0 aliphatic carbocycles. The van der Waals surface area contributed by atoms with Gasteiger partial charge in [-0.25, -0.2) is 9.37 Å². The van der Waals surface area contributed by atoms with Crippen LogP contribution in [0.2, 0.25) is 0 Å². The Bertz CT molecular complexity index is 583. The minimum Gasteiger partial charge on any atom is -0.356 e. The molecule has 0 atom stereocenters. The number of nitrogens with one attached hydrogen (secondary N) is 1. The van der Waals surface area contributed by atoms with Crippen LogP contribution in [-0.2, 0) is 17.6 Å². The minimum atomic E-state index is -0.222. The second-order valence-electron chi connectivity index (χ2n) is 4.57. The van der Waals surface area contributed by atoms with Crippen molar-refractivity contribution in [1.29, 1.82) is 0 Å². The van der Waals surface area contributed by atoms with Crippen LogP contribution < -0.4 is 5.32 Å². The molecule has 0 saturated heterocycles. The monoisotopic (exact) mass is 292 g/mol. The summed E-state index contributed by atoms with van der Waals surface area (Å²) in [4.78, 5) is 16.0. The minimum absolute atomic E-state index is 0.0193. The molecule has 2 rings (SSSR count). The van der Waals surface area contributed by atoms with Crippen molar-refractivity contribution in [2.45, 2.75) is 26.2 Å². The van der Waals surface area contributed by atoms with E-state index in [1.807, 2.05) is 12.3 Å². The van der Waals surface area contributed by atoms with Gasteiger partial charge in [0.1, 0.15) is 5.82 Å². The molecule has 1 N–H and O–H groups in total. The number of amides is 1. The largest absolute Gasteiger partial charge is 0.356 e. The molecule has 3 nitrogen and oxygen atoms in total. The average Bonchev–Trinajstić information content (AvgIpc) is 2.84. The second kappa shape index (κ2) is 7.14. The maximum Gasteiger partial charge on any atom is 0.220 e. The smallest absolute Gasteiger partial charge is 0.220 e. The molecular formula is C15H17FN2OS. The standard InChI is InChI=1S/C15H17FN2OS/c1-11-10-20-15(18-11)7-6-14(19)17-9-8-12-4-2-3-5-13(12)16/h2-5,10H,6-9H2,1H3,(H,17,19). The fourth-order valence-electron chi connectivity index (χ4n) is 1.86. The third-order valence-electron chi connectivity index (χ3n) is 2.91. The van der Waals surface area contributed by atoms with Crippen LogP contribution in [0.1, 0.15) is 22.7 Å². The van der Waals surface area contributed by atoms with Gasteiger partial charge in [-0.1, -0.05) is 18.2 Å². The van der Waals surface area contributed by atoms with E-state index in [1.165, 1.54) is 6.07 Å². The summed E-state index contributed by atoms with van der Waals surface area (Å²) in [5.41, 5.74) is 1.62. The van der Waals surface area contributed by atoms with E-state index < -0.39 is 0 Å². The Balaban J connectivity index is 1.69. The molecule has 2 aromatic rings. The zero-order valence-corrected chi connectivity index (χ0v) is 12.2. The van der Waals surface area contributed by atoms with E-state index >= 15 is 0 Å². The van der Waals surface area contributed by atoms with Gasteiger partial charge in [0.25, 0.3) is 0 Å². The van der Waals surface area contributed by atoms with Gasteiger partial charge >= 0.3 is 0 Å². The summed E-state index contributed by atoms with van der Waals surface area (Å²) in [7, 11) is 0. The molecule has 0 unspecified atom stereocenters. The maximum atomic E-state index is 13.4. The normalized spacial score (nSPS) is 10.5. The highest BCUT2D eigenvalue weighted by atomic mass is 32.1. The molecule has 0 bridgehead atoms. The van der Waals surface area contributed by atoms with Crippen molar-refractivity contribution in [2.75, 3.05) is 6.54 Å². The molecule has 106 valence electrons. The van der Waals surface area contributed by atoms with Crippen LogP contribution in [0.4, 0.5) is 4.39 Å². The number of aryl methyl sites for hydroxylation is 2. The summed E-state index contributed by atoms with van der Waals surface area (Å²) < 4.78 is 13.4. The van der Waals surface area contributed by atoms with Crippen LogP contribution in [0.25, 0.3) is 0 Å².